The number of hydrogen-bond acceptors (Lipinski definition) is 1. The Kier molecular flexibility index (Phi) is 3.76. The van der Waals surface area contributed by atoms with Gasteiger partial charge in [0.2, 0.25) is 5.91 Å². The molecule has 0 aromatic heterocycles. The van der Waals surface area contributed by atoms with Crippen molar-refractivity contribution in [3.63, 3.8) is 0 Å². The van der Waals surface area contributed by atoms with E-state index in [4.69, 9.17) is 18.0 Å². The second-order valence-corrected chi connectivity index (χ2v) is 5.40. The number of hydrogen-bond donors (Lipinski definition) is 0. The summed E-state index contributed by atoms with van der Waals surface area (Å²) in [6.45, 7) is 1.15. The molecule has 1 aliphatic heterocycles. The summed E-state index contributed by atoms with van der Waals surface area (Å²) in [6, 6.07) is 5.63. The van der Waals surface area contributed by atoms with E-state index >= 15 is 0 Å². The van der Waals surface area contributed by atoms with Crippen LogP contribution in [0.15, 0.2) is 22.7 Å². The SMILES string of the molecule is C#CC1CC(=O)N(Cc2cc(Br)ccc2Cl)C1. The van der Waals surface area contributed by atoms with Gasteiger partial charge in [-0.05, 0) is 23.8 Å². The first kappa shape index (κ1) is 12.5. The topological polar surface area (TPSA) is 20.3 Å². The van der Waals surface area contributed by atoms with Crippen LogP contribution in [0.5, 0.6) is 0 Å². The lowest BCUT2D eigenvalue weighted by Crippen LogP contribution is -2.24. The Morgan fingerprint density at radius 2 is 2.35 bits per heavy atom. The fourth-order valence-electron chi connectivity index (χ4n) is 1.91. The minimum absolute atomic E-state index is 0.0356. The van der Waals surface area contributed by atoms with Crippen molar-refractivity contribution in [2.45, 2.75) is 13.0 Å². The summed E-state index contributed by atoms with van der Waals surface area (Å²) in [6.07, 6.45) is 5.79. The van der Waals surface area contributed by atoms with E-state index in [-0.39, 0.29) is 11.8 Å². The van der Waals surface area contributed by atoms with Gasteiger partial charge in [-0.15, -0.1) is 12.3 Å². The van der Waals surface area contributed by atoms with E-state index < -0.39 is 0 Å². The number of carbonyl (C=O) groups is 1. The molecule has 2 rings (SSSR count). The lowest BCUT2D eigenvalue weighted by atomic mass is 10.1. The van der Waals surface area contributed by atoms with Gasteiger partial charge in [-0.1, -0.05) is 27.5 Å². The fraction of sp³-hybridized carbons (Fsp3) is 0.308. The molecule has 1 atom stereocenters. The van der Waals surface area contributed by atoms with Crippen molar-refractivity contribution < 1.29 is 4.79 Å². The molecule has 1 heterocycles. The lowest BCUT2D eigenvalue weighted by Gasteiger charge is -2.16. The minimum Gasteiger partial charge on any atom is -0.337 e. The molecule has 1 saturated heterocycles. The van der Waals surface area contributed by atoms with Gasteiger partial charge in [-0.2, -0.15) is 0 Å². The van der Waals surface area contributed by atoms with Crippen LogP contribution in [0, 0.1) is 18.3 Å². The Morgan fingerprint density at radius 3 is 3.00 bits per heavy atom. The van der Waals surface area contributed by atoms with Gasteiger partial charge in [0.15, 0.2) is 0 Å². The number of rotatable bonds is 2. The number of halogens is 2. The lowest BCUT2D eigenvalue weighted by molar-refractivity contribution is -0.128. The highest BCUT2D eigenvalue weighted by Gasteiger charge is 2.28. The molecule has 1 aromatic rings. The molecule has 17 heavy (non-hydrogen) atoms. The Morgan fingerprint density at radius 1 is 1.59 bits per heavy atom. The second-order valence-electron chi connectivity index (χ2n) is 4.08. The number of amides is 1. The zero-order valence-electron chi connectivity index (χ0n) is 9.12. The summed E-state index contributed by atoms with van der Waals surface area (Å²) in [4.78, 5) is 13.5. The maximum Gasteiger partial charge on any atom is 0.224 e. The summed E-state index contributed by atoms with van der Waals surface area (Å²) in [5, 5.41) is 0.671. The van der Waals surface area contributed by atoms with Crippen molar-refractivity contribution in [1.82, 2.24) is 4.90 Å². The molecule has 0 spiro atoms. The molecule has 1 fully saturated rings. The van der Waals surface area contributed by atoms with Crippen LogP contribution in [0.25, 0.3) is 0 Å². The van der Waals surface area contributed by atoms with Gasteiger partial charge in [0, 0.05) is 34.9 Å². The first-order valence-corrected chi connectivity index (χ1v) is 6.45. The number of nitrogens with zero attached hydrogens (tertiary/aromatic N) is 1. The molecular weight excluding hydrogens is 302 g/mol. The highest BCUT2D eigenvalue weighted by molar-refractivity contribution is 9.10. The third kappa shape index (κ3) is 2.83. The van der Waals surface area contributed by atoms with Gasteiger partial charge in [0.05, 0.1) is 0 Å². The van der Waals surface area contributed by atoms with Crippen molar-refractivity contribution in [3.8, 4) is 12.3 Å². The van der Waals surface area contributed by atoms with E-state index in [9.17, 15) is 4.79 Å². The third-order valence-corrected chi connectivity index (χ3v) is 3.68. The van der Waals surface area contributed by atoms with Crippen LogP contribution in [-0.2, 0) is 11.3 Å². The smallest absolute Gasteiger partial charge is 0.224 e. The second kappa shape index (κ2) is 5.12. The van der Waals surface area contributed by atoms with Gasteiger partial charge in [0.25, 0.3) is 0 Å². The molecule has 0 N–H and O–H groups in total. The van der Waals surface area contributed by atoms with Crippen LogP contribution in [0.3, 0.4) is 0 Å². The fourth-order valence-corrected chi connectivity index (χ4v) is 2.49. The van der Waals surface area contributed by atoms with Crippen LogP contribution < -0.4 is 0 Å². The van der Waals surface area contributed by atoms with Crippen molar-refractivity contribution in [2.24, 2.45) is 5.92 Å². The average Bonchev–Trinajstić information content (AvgIpc) is 2.65. The Hall–Kier alpha value is -0.980. The molecular formula is C13H11BrClNO. The van der Waals surface area contributed by atoms with E-state index in [0.29, 0.717) is 24.5 Å². The zero-order chi connectivity index (χ0) is 12.4. The van der Waals surface area contributed by atoms with Gasteiger partial charge in [0.1, 0.15) is 0 Å². The van der Waals surface area contributed by atoms with Crippen molar-refractivity contribution in [3.05, 3.63) is 33.3 Å². The molecule has 88 valence electrons. The Balaban J connectivity index is 2.14. The Bertz CT molecular complexity index is 495. The predicted octanol–water partition coefficient (Wildman–Crippen LogP) is 3.08. The highest BCUT2D eigenvalue weighted by atomic mass is 79.9. The molecule has 0 aliphatic carbocycles. The molecule has 1 amide bonds. The number of terminal acetylenes is 1. The third-order valence-electron chi connectivity index (χ3n) is 2.82. The van der Waals surface area contributed by atoms with E-state index in [1.54, 1.807) is 4.90 Å². The van der Waals surface area contributed by atoms with Crippen molar-refractivity contribution in [2.75, 3.05) is 6.54 Å². The minimum atomic E-state index is 0.0356. The van der Waals surface area contributed by atoms with Crippen LogP contribution in [0.1, 0.15) is 12.0 Å². The first-order valence-electron chi connectivity index (χ1n) is 5.28. The zero-order valence-corrected chi connectivity index (χ0v) is 11.5. The van der Waals surface area contributed by atoms with Gasteiger partial charge < -0.3 is 4.90 Å². The quantitative estimate of drug-likeness (QED) is 0.769. The summed E-state index contributed by atoms with van der Waals surface area (Å²) in [5.74, 6) is 2.77. The number of benzene rings is 1. The van der Waals surface area contributed by atoms with Gasteiger partial charge >= 0.3 is 0 Å². The molecule has 1 aliphatic rings. The molecule has 0 radical (unpaired) electrons. The highest BCUT2D eigenvalue weighted by Crippen LogP contribution is 2.25. The first-order chi connectivity index (χ1) is 8.10. The molecule has 1 aromatic carbocycles. The molecule has 1 unspecified atom stereocenters. The molecule has 0 bridgehead atoms. The number of likely N-dealkylation sites (tertiary alicyclic amines) is 1. The monoisotopic (exact) mass is 311 g/mol. The molecule has 2 nitrogen and oxygen atoms in total. The van der Waals surface area contributed by atoms with Gasteiger partial charge in [-0.25, -0.2) is 0 Å². The number of carbonyl (C=O) groups excluding carboxylic acids is 1. The summed E-state index contributed by atoms with van der Waals surface area (Å²) in [5.41, 5.74) is 0.937. The van der Waals surface area contributed by atoms with Crippen LogP contribution >= 0.6 is 27.5 Å². The van der Waals surface area contributed by atoms with Crippen LogP contribution in [-0.4, -0.2) is 17.4 Å². The van der Waals surface area contributed by atoms with Crippen LogP contribution in [0.2, 0.25) is 5.02 Å². The maximum atomic E-state index is 11.7. The predicted molar refractivity (Wildman–Crippen MR) is 71.5 cm³/mol. The van der Waals surface area contributed by atoms with E-state index in [0.717, 1.165) is 10.0 Å². The summed E-state index contributed by atoms with van der Waals surface area (Å²) >= 11 is 9.49. The maximum absolute atomic E-state index is 11.7. The van der Waals surface area contributed by atoms with E-state index in [1.807, 2.05) is 18.2 Å². The van der Waals surface area contributed by atoms with Crippen LogP contribution in [0.4, 0.5) is 0 Å². The molecule has 0 saturated carbocycles. The van der Waals surface area contributed by atoms with E-state index in [1.165, 1.54) is 0 Å². The van der Waals surface area contributed by atoms with Crippen molar-refractivity contribution >= 4 is 33.4 Å². The largest absolute Gasteiger partial charge is 0.337 e. The molecule has 4 heteroatoms. The standard InChI is InChI=1S/C13H11BrClNO/c1-2-9-5-13(17)16(7-9)8-10-6-11(14)3-4-12(10)15/h1,3-4,6,9H,5,7-8H2. The normalized spacial score (nSPS) is 19.5. The van der Waals surface area contributed by atoms with Gasteiger partial charge in [-0.3, -0.25) is 4.79 Å². The van der Waals surface area contributed by atoms with E-state index in [2.05, 4.69) is 21.9 Å². The summed E-state index contributed by atoms with van der Waals surface area (Å²) in [7, 11) is 0. The average molecular weight is 313 g/mol. The summed E-state index contributed by atoms with van der Waals surface area (Å²) < 4.78 is 0.956. The van der Waals surface area contributed by atoms with Crippen molar-refractivity contribution in [1.29, 1.82) is 0 Å². The Labute approximate surface area is 114 Å².